The SMILES string of the molecule is CN(C)CC1CC(O)CN1c1ncc(CO)cn1. The smallest absolute Gasteiger partial charge is 0.225 e. The van der Waals surface area contributed by atoms with Crippen LogP contribution in [0.5, 0.6) is 0 Å². The lowest BCUT2D eigenvalue weighted by Crippen LogP contribution is -2.38. The van der Waals surface area contributed by atoms with Gasteiger partial charge in [0.15, 0.2) is 0 Å². The predicted molar refractivity (Wildman–Crippen MR) is 68.3 cm³/mol. The lowest BCUT2D eigenvalue weighted by atomic mass is 10.2. The fraction of sp³-hybridized carbons (Fsp3) is 0.667. The van der Waals surface area contributed by atoms with Gasteiger partial charge in [0.25, 0.3) is 0 Å². The van der Waals surface area contributed by atoms with Crippen LogP contribution in [0.3, 0.4) is 0 Å². The summed E-state index contributed by atoms with van der Waals surface area (Å²) in [5.41, 5.74) is 0.697. The zero-order valence-corrected chi connectivity index (χ0v) is 10.8. The van der Waals surface area contributed by atoms with E-state index in [1.807, 2.05) is 19.0 Å². The van der Waals surface area contributed by atoms with Gasteiger partial charge >= 0.3 is 0 Å². The zero-order valence-electron chi connectivity index (χ0n) is 10.8. The van der Waals surface area contributed by atoms with Gasteiger partial charge in [-0.05, 0) is 20.5 Å². The second kappa shape index (κ2) is 5.60. The Hall–Kier alpha value is -1.24. The highest BCUT2D eigenvalue weighted by Gasteiger charge is 2.32. The van der Waals surface area contributed by atoms with Crippen LogP contribution in [-0.2, 0) is 6.61 Å². The number of β-amino-alcohol motifs (C(OH)–C–C–N with tert-alkyl or cyclic N) is 1. The number of rotatable bonds is 4. The van der Waals surface area contributed by atoms with Crippen molar-refractivity contribution in [3.05, 3.63) is 18.0 Å². The Morgan fingerprint density at radius 3 is 2.61 bits per heavy atom. The first-order valence-electron chi connectivity index (χ1n) is 6.11. The van der Waals surface area contributed by atoms with Gasteiger partial charge in [-0.2, -0.15) is 0 Å². The summed E-state index contributed by atoms with van der Waals surface area (Å²) in [6.07, 6.45) is 3.67. The van der Waals surface area contributed by atoms with Gasteiger partial charge in [-0.25, -0.2) is 9.97 Å². The van der Waals surface area contributed by atoms with Crippen molar-refractivity contribution < 1.29 is 10.2 Å². The molecule has 0 bridgehead atoms. The Balaban J connectivity index is 2.13. The molecule has 2 unspecified atom stereocenters. The molecule has 2 atom stereocenters. The highest BCUT2D eigenvalue weighted by molar-refractivity contribution is 5.34. The average molecular weight is 252 g/mol. The van der Waals surface area contributed by atoms with E-state index in [1.165, 1.54) is 0 Å². The second-order valence-corrected chi connectivity index (χ2v) is 5.01. The van der Waals surface area contributed by atoms with Gasteiger partial charge in [0.1, 0.15) is 0 Å². The third kappa shape index (κ3) is 2.95. The van der Waals surface area contributed by atoms with Crippen LogP contribution in [-0.4, -0.2) is 64.4 Å². The molecule has 0 spiro atoms. The van der Waals surface area contributed by atoms with Crippen LogP contribution in [0.25, 0.3) is 0 Å². The minimum atomic E-state index is -0.323. The van der Waals surface area contributed by atoms with Crippen molar-refractivity contribution in [3.8, 4) is 0 Å². The van der Waals surface area contributed by atoms with E-state index < -0.39 is 0 Å². The van der Waals surface area contributed by atoms with Crippen molar-refractivity contribution in [2.24, 2.45) is 0 Å². The van der Waals surface area contributed by atoms with Crippen molar-refractivity contribution in [1.82, 2.24) is 14.9 Å². The van der Waals surface area contributed by atoms with E-state index in [2.05, 4.69) is 14.9 Å². The van der Waals surface area contributed by atoms with Crippen LogP contribution in [0.1, 0.15) is 12.0 Å². The summed E-state index contributed by atoms with van der Waals surface area (Å²) in [5.74, 6) is 0.621. The first-order valence-corrected chi connectivity index (χ1v) is 6.11. The molecule has 0 aliphatic carbocycles. The number of hydrogen-bond donors (Lipinski definition) is 2. The summed E-state index contributed by atoms with van der Waals surface area (Å²) in [4.78, 5) is 12.6. The Bertz CT molecular complexity index is 382. The van der Waals surface area contributed by atoms with Gasteiger partial charge in [-0.1, -0.05) is 0 Å². The van der Waals surface area contributed by atoms with E-state index >= 15 is 0 Å². The van der Waals surface area contributed by atoms with Crippen molar-refractivity contribution >= 4 is 5.95 Å². The molecule has 1 aliphatic rings. The summed E-state index contributed by atoms with van der Waals surface area (Å²) in [5, 5.41) is 18.8. The van der Waals surface area contributed by atoms with Crippen LogP contribution in [0, 0.1) is 0 Å². The van der Waals surface area contributed by atoms with E-state index in [0.717, 1.165) is 13.0 Å². The van der Waals surface area contributed by atoms with Gasteiger partial charge in [0.05, 0.1) is 12.7 Å². The van der Waals surface area contributed by atoms with Gasteiger partial charge in [-0.3, -0.25) is 0 Å². The minimum Gasteiger partial charge on any atom is -0.392 e. The maximum atomic E-state index is 9.79. The van der Waals surface area contributed by atoms with E-state index in [0.29, 0.717) is 18.1 Å². The summed E-state index contributed by atoms with van der Waals surface area (Å²) in [6.45, 7) is 1.38. The van der Waals surface area contributed by atoms with E-state index in [1.54, 1.807) is 12.4 Å². The third-order valence-corrected chi connectivity index (χ3v) is 3.10. The largest absolute Gasteiger partial charge is 0.392 e. The molecule has 1 aliphatic heterocycles. The number of aromatic nitrogens is 2. The van der Waals surface area contributed by atoms with E-state index in [9.17, 15) is 5.11 Å². The fourth-order valence-electron chi connectivity index (χ4n) is 2.31. The number of likely N-dealkylation sites (N-methyl/N-ethyl adjacent to an activating group) is 1. The Morgan fingerprint density at radius 2 is 2.06 bits per heavy atom. The molecular weight excluding hydrogens is 232 g/mol. The fourth-order valence-corrected chi connectivity index (χ4v) is 2.31. The van der Waals surface area contributed by atoms with Crippen molar-refractivity contribution in [3.63, 3.8) is 0 Å². The van der Waals surface area contributed by atoms with Crippen LogP contribution in [0.15, 0.2) is 12.4 Å². The average Bonchev–Trinajstić information content (AvgIpc) is 2.69. The van der Waals surface area contributed by atoms with Gasteiger partial charge in [-0.15, -0.1) is 0 Å². The number of hydrogen-bond acceptors (Lipinski definition) is 6. The molecule has 1 saturated heterocycles. The number of aliphatic hydroxyl groups excluding tert-OH is 2. The van der Waals surface area contributed by atoms with Crippen molar-refractivity contribution in [2.75, 3.05) is 32.1 Å². The molecular formula is C12H20N4O2. The lowest BCUT2D eigenvalue weighted by molar-refractivity contribution is 0.191. The molecule has 2 heterocycles. The van der Waals surface area contributed by atoms with Crippen molar-refractivity contribution in [1.29, 1.82) is 0 Å². The maximum absolute atomic E-state index is 9.79. The second-order valence-electron chi connectivity index (χ2n) is 5.01. The van der Waals surface area contributed by atoms with Crippen LogP contribution >= 0.6 is 0 Å². The zero-order chi connectivity index (χ0) is 13.1. The summed E-state index contributed by atoms with van der Waals surface area (Å²) < 4.78 is 0. The first kappa shape index (κ1) is 13.2. The number of aliphatic hydroxyl groups is 2. The monoisotopic (exact) mass is 252 g/mol. The van der Waals surface area contributed by atoms with Gasteiger partial charge < -0.3 is 20.0 Å². The molecule has 1 aromatic rings. The standard InChI is InChI=1S/C12H20N4O2/c1-15(2)6-10-3-11(18)7-16(10)12-13-4-9(8-17)5-14-12/h4-5,10-11,17-18H,3,6-8H2,1-2H3. The topological polar surface area (TPSA) is 72.7 Å². The predicted octanol–water partition coefficient (Wildman–Crippen LogP) is -0.530. The Morgan fingerprint density at radius 1 is 1.39 bits per heavy atom. The minimum absolute atomic E-state index is 0.0516. The number of anilines is 1. The quantitative estimate of drug-likeness (QED) is 0.750. The molecule has 1 aromatic heterocycles. The Labute approximate surface area is 107 Å². The molecule has 18 heavy (non-hydrogen) atoms. The third-order valence-electron chi connectivity index (χ3n) is 3.10. The molecule has 0 amide bonds. The Kier molecular flexibility index (Phi) is 4.11. The van der Waals surface area contributed by atoms with Gasteiger partial charge in [0.2, 0.25) is 5.95 Å². The normalized spacial score (nSPS) is 23.9. The van der Waals surface area contributed by atoms with Crippen LogP contribution in [0.4, 0.5) is 5.95 Å². The molecule has 0 saturated carbocycles. The van der Waals surface area contributed by atoms with Crippen LogP contribution < -0.4 is 4.90 Å². The molecule has 0 radical (unpaired) electrons. The summed E-state index contributed by atoms with van der Waals surface area (Å²) in [7, 11) is 4.02. The molecule has 0 aromatic carbocycles. The molecule has 2 N–H and O–H groups in total. The summed E-state index contributed by atoms with van der Waals surface area (Å²) >= 11 is 0. The summed E-state index contributed by atoms with van der Waals surface area (Å²) in [6, 6.07) is 0.231. The first-order chi connectivity index (χ1) is 8.60. The molecule has 6 heteroatoms. The van der Waals surface area contributed by atoms with Crippen molar-refractivity contribution in [2.45, 2.75) is 25.2 Å². The molecule has 2 rings (SSSR count). The van der Waals surface area contributed by atoms with Gasteiger partial charge in [0, 0.05) is 37.1 Å². The highest BCUT2D eigenvalue weighted by Crippen LogP contribution is 2.22. The molecule has 6 nitrogen and oxygen atoms in total. The highest BCUT2D eigenvalue weighted by atomic mass is 16.3. The maximum Gasteiger partial charge on any atom is 0.225 e. The van der Waals surface area contributed by atoms with Crippen LogP contribution in [0.2, 0.25) is 0 Å². The van der Waals surface area contributed by atoms with E-state index in [-0.39, 0.29) is 18.8 Å². The van der Waals surface area contributed by atoms with E-state index in [4.69, 9.17) is 5.11 Å². The molecule has 1 fully saturated rings. The molecule has 100 valence electrons. The lowest BCUT2D eigenvalue weighted by Gasteiger charge is -2.26. The number of nitrogens with zero attached hydrogens (tertiary/aromatic N) is 4.